The van der Waals surface area contributed by atoms with Crippen molar-refractivity contribution in [2.75, 3.05) is 0 Å². The van der Waals surface area contributed by atoms with Crippen molar-refractivity contribution in [3.8, 4) is 17.6 Å². The maximum atomic E-state index is 15.8. The Morgan fingerprint density at radius 3 is 2.31 bits per heavy atom. The second kappa shape index (κ2) is 9.28. The minimum Gasteiger partial charge on any atom is -0.456 e. The van der Waals surface area contributed by atoms with E-state index in [4.69, 9.17) is 22.2 Å². The molecule has 2 heterocycles. The molecular weight excluding hydrogens is 486 g/mol. The fourth-order valence-corrected chi connectivity index (χ4v) is 3.56. The minimum atomic E-state index is -4.17. The highest BCUT2D eigenvalue weighted by atomic mass is 32.1. The van der Waals surface area contributed by atoms with Gasteiger partial charge in [-0.25, -0.2) is 13.8 Å². The zero-order valence-corrected chi connectivity index (χ0v) is 18.4. The average molecular weight is 501 g/mol. The van der Waals surface area contributed by atoms with E-state index in [9.17, 15) is 13.9 Å². The van der Waals surface area contributed by atoms with Crippen LogP contribution in [-0.2, 0) is 17.9 Å². The van der Waals surface area contributed by atoms with Crippen LogP contribution in [-0.4, -0.2) is 25.3 Å². The molecule has 1 unspecified atom stereocenters. The first-order valence-corrected chi connectivity index (χ1v) is 10.4. The number of rotatable bonds is 7. The molecule has 0 aliphatic heterocycles. The van der Waals surface area contributed by atoms with Gasteiger partial charge in [-0.1, -0.05) is 6.07 Å². The van der Waals surface area contributed by atoms with E-state index in [1.165, 1.54) is 30.3 Å². The molecule has 0 aliphatic rings. The van der Waals surface area contributed by atoms with E-state index in [0.29, 0.717) is 17.4 Å². The second-order valence-corrected chi connectivity index (χ2v) is 7.85. The van der Waals surface area contributed by atoms with E-state index in [1.807, 2.05) is 6.07 Å². The number of H-pyrrole nitrogens is 2. The van der Waals surface area contributed by atoms with Gasteiger partial charge in [0.1, 0.15) is 34.7 Å². The van der Waals surface area contributed by atoms with Crippen molar-refractivity contribution in [2.45, 2.75) is 17.9 Å². The predicted octanol–water partition coefficient (Wildman–Crippen LogP) is 5.03. The number of aliphatic hydroxyl groups is 1. The lowest BCUT2D eigenvalue weighted by Gasteiger charge is -2.35. The van der Waals surface area contributed by atoms with Gasteiger partial charge in [-0.05, 0) is 54.7 Å². The fraction of sp³-hybridized carbons (Fsp3) is 0.130. The first-order chi connectivity index (χ1) is 16.6. The first-order valence-electron chi connectivity index (χ1n) is 9.96. The Kier molecular flexibility index (Phi) is 6.38. The molecule has 4 rings (SSSR count). The number of pyridine rings is 1. The Morgan fingerprint density at radius 2 is 1.74 bits per heavy atom. The zero-order chi connectivity index (χ0) is 25.2. The van der Waals surface area contributed by atoms with Gasteiger partial charge in [-0.2, -0.15) is 14.0 Å². The van der Waals surface area contributed by atoms with Crippen molar-refractivity contribution in [1.29, 1.82) is 5.26 Å². The van der Waals surface area contributed by atoms with E-state index in [1.54, 1.807) is 0 Å². The SMILES string of the molecule is N#Cc1ccc(Oc2ccc(C(F)(F)C(O)(Cc3nc(=S)[nH][nH]3)c3ccc(F)cc3F)nc2)cc1. The normalized spacial score (nSPS) is 13.1. The zero-order valence-electron chi connectivity index (χ0n) is 17.6. The van der Waals surface area contributed by atoms with E-state index in [-0.39, 0.29) is 16.3 Å². The smallest absolute Gasteiger partial charge is 0.322 e. The summed E-state index contributed by atoms with van der Waals surface area (Å²) in [5.41, 5.74) is -4.56. The molecule has 12 heteroatoms. The van der Waals surface area contributed by atoms with Crippen LogP contribution in [0.4, 0.5) is 17.6 Å². The molecule has 2 aromatic heterocycles. The van der Waals surface area contributed by atoms with Crippen LogP contribution in [0.15, 0.2) is 60.8 Å². The van der Waals surface area contributed by atoms with Crippen LogP contribution < -0.4 is 4.74 Å². The van der Waals surface area contributed by atoms with Gasteiger partial charge in [-0.15, -0.1) is 0 Å². The van der Waals surface area contributed by atoms with Gasteiger partial charge < -0.3 is 9.84 Å². The summed E-state index contributed by atoms with van der Waals surface area (Å²) in [4.78, 5) is 7.53. The number of aromatic nitrogens is 4. The molecule has 0 saturated heterocycles. The molecular formula is C23H15F4N5O2S. The average Bonchev–Trinajstić information content (AvgIpc) is 3.24. The monoisotopic (exact) mass is 501 g/mol. The van der Waals surface area contributed by atoms with Crippen LogP contribution in [0.25, 0.3) is 0 Å². The Bertz CT molecular complexity index is 1450. The summed E-state index contributed by atoms with van der Waals surface area (Å²) in [5.74, 6) is -6.29. The molecule has 35 heavy (non-hydrogen) atoms. The Labute approximate surface area is 200 Å². The van der Waals surface area contributed by atoms with Gasteiger partial charge >= 0.3 is 5.92 Å². The standard InChI is InChI=1S/C23H15F4N5O2S/c24-14-3-7-17(18(25)9-14)22(33,10-20-30-21(35)32-31-20)23(26,27)19-8-6-16(12-29-19)34-15-4-1-13(11-28)2-5-15/h1-9,12,33H,10H2,(H2,30,31,32,35). The second-order valence-electron chi connectivity index (χ2n) is 7.47. The number of hydrogen-bond donors (Lipinski definition) is 3. The van der Waals surface area contributed by atoms with Gasteiger partial charge in [0, 0.05) is 18.1 Å². The Hall–Kier alpha value is -4.08. The summed E-state index contributed by atoms with van der Waals surface area (Å²) in [5, 5.41) is 24.9. The number of nitrogens with zero attached hydrogens (tertiary/aromatic N) is 3. The van der Waals surface area contributed by atoms with Crippen molar-refractivity contribution in [1.82, 2.24) is 20.2 Å². The van der Waals surface area contributed by atoms with Crippen LogP contribution in [0.5, 0.6) is 11.5 Å². The molecule has 178 valence electrons. The molecule has 0 fully saturated rings. The van der Waals surface area contributed by atoms with Gasteiger partial charge in [0.2, 0.25) is 4.77 Å². The van der Waals surface area contributed by atoms with Crippen molar-refractivity contribution >= 4 is 12.2 Å². The summed E-state index contributed by atoms with van der Waals surface area (Å²) < 4.78 is 65.1. The summed E-state index contributed by atoms with van der Waals surface area (Å²) in [6.45, 7) is 0. The van der Waals surface area contributed by atoms with E-state index >= 15 is 8.78 Å². The molecule has 1 atom stereocenters. The lowest BCUT2D eigenvalue weighted by Crippen LogP contribution is -2.46. The Balaban J connectivity index is 1.70. The third-order valence-corrected chi connectivity index (χ3v) is 5.34. The number of aromatic amines is 2. The maximum absolute atomic E-state index is 15.8. The molecule has 0 spiro atoms. The number of nitriles is 1. The number of nitrogens with one attached hydrogen (secondary N) is 2. The topological polar surface area (TPSA) is 111 Å². The Morgan fingerprint density at radius 1 is 1.03 bits per heavy atom. The highest BCUT2D eigenvalue weighted by molar-refractivity contribution is 7.71. The quantitative estimate of drug-likeness (QED) is 0.242. The van der Waals surface area contributed by atoms with Crippen molar-refractivity contribution in [3.05, 3.63) is 99.8 Å². The third kappa shape index (κ3) is 4.77. The van der Waals surface area contributed by atoms with Crippen molar-refractivity contribution in [2.24, 2.45) is 0 Å². The third-order valence-electron chi connectivity index (χ3n) is 5.15. The molecule has 7 nitrogen and oxygen atoms in total. The highest BCUT2D eigenvalue weighted by Crippen LogP contribution is 2.47. The number of halogens is 4. The van der Waals surface area contributed by atoms with Crippen LogP contribution in [0.2, 0.25) is 0 Å². The molecule has 0 bridgehead atoms. The predicted molar refractivity (Wildman–Crippen MR) is 117 cm³/mol. The van der Waals surface area contributed by atoms with E-state index in [0.717, 1.165) is 24.4 Å². The fourth-order valence-electron chi connectivity index (χ4n) is 3.40. The molecule has 0 radical (unpaired) electrons. The van der Waals surface area contributed by atoms with Crippen LogP contribution in [0.3, 0.4) is 0 Å². The summed E-state index contributed by atoms with van der Waals surface area (Å²) in [6, 6.07) is 12.0. The van der Waals surface area contributed by atoms with Crippen molar-refractivity contribution in [3.63, 3.8) is 0 Å². The van der Waals surface area contributed by atoms with Gasteiger partial charge in [0.05, 0.1) is 17.8 Å². The maximum Gasteiger partial charge on any atom is 0.322 e. The summed E-state index contributed by atoms with van der Waals surface area (Å²) in [7, 11) is 0. The molecule has 0 amide bonds. The molecule has 2 aromatic carbocycles. The highest BCUT2D eigenvalue weighted by Gasteiger charge is 2.57. The molecule has 0 aliphatic carbocycles. The number of benzene rings is 2. The van der Waals surface area contributed by atoms with Crippen LogP contribution in [0, 0.1) is 27.7 Å². The van der Waals surface area contributed by atoms with E-state index < -0.39 is 40.8 Å². The van der Waals surface area contributed by atoms with Crippen LogP contribution in [0.1, 0.15) is 22.6 Å². The van der Waals surface area contributed by atoms with Crippen molar-refractivity contribution < 1.29 is 27.4 Å². The molecule has 4 aromatic rings. The van der Waals surface area contributed by atoms with Gasteiger partial charge in [0.15, 0.2) is 5.60 Å². The number of ether oxygens (including phenoxy) is 1. The largest absolute Gasteiger partial charge is 0.456 e. The number of alkyl halides is 2. The summed E-state index contributed by atoms with van der Waals surface area (Å²) in [6.07, 6.45) is 0.103. The van der Waals surface area contributed by atoms with Crippen LogP contribution >= 0.6 is 12.2 Å². The minimum absolute atomic E-state index is 0.0623. The van der Waals surface area contributed by atoms with Gasteiger partial charge in [-0.3, -0.25) is 15.2 Å². The van der Waals surface area contributed by atoms with Gasteiger partial charge in [0.25, 0.3) is 0 Å². The lowest BCUT2D eigenvalue weighted by atomic mass is 9.82. The number of hydrogen-bond acceptors (Lipinski definition) is 6. The lowest BCUT2D eigenvalue weighted by molar-refractivity contribution is -0.199. The molecule has 0 saturated carbocycles. The first kappa shape index (κ1) is 24.1. The summed E-state index contributed by atoms with van der Waals surface area (Å²) >= 11 is 4.82. The molecule has 3 N–H and O–H groups in total. The van der Waals surface area contributed by atoms with E-state index in [2.05, 4.69) is 20.2 Å².